The van der Waals surface area contributed by atoms with E-state index in [0.717, 1.165) is 19.6 Å². The SMILES string of the molecule is CCC1=NO[C@@H]2COC[C@H]12. The highest BCUT2D eigenvalue weighted by Crippen LogP contribution is 2.25. The van der Waals surface area contributed by atoms with Crippen molar-refractivity contribution in [2.24, 2.45) is 11.1 Å². The predicted molar refractivity (Wildman–Crippen MR) is 36.9 cm³/mol. The first kappa shape index (κ1) is 6.16. The Morgan fingerprint density at radius 3 is 3.30 bits per heavy atom. The van der Waals surface area contributed by atoms with E-state index in [-0.39, 0.29) is 6.10 Å². The van der Waals surface area contributed by atoms with Crippen LogP contribution in [0.3, 0.4) is 0 Å². The van der Waals surface area contributed by atoms with Crippen LogP contribution in [0.25, 0.3) is 0 Å². The molecule has 1 fully saturated rings. The Balaban J connectivity index is 2.10. The van der Waals surface area contributed by atoms with Gasteiger partial charge in [-0.05, 0) is 6.42 Å². The summed E-state index contributed by atoms with van der Waals surface area (Å²) in [4.78, 5) is 5.14. The van der Waals surface area contributed by atoms with E-state index < -0.39 is 0 Å². The number of nitrogens with zero attached hydrogens (tertiary/aromatic N) is 1. The molecular formula is C7H11NO2. The van der Waals surface area contributed by atoms with Crippen molar-refractivity contribution in [1.82, 2.24) is 0 Å². The van der Waals surface area contributed by atoms with E-state index >= 15 is 0 Å². The zero-order valence-electron chi connectivity index (χ0n) is 6.04. The minimum absolute atomic E-state index is 0.231. The van der Waals surface area contributed by atoms with Gasteiger partial charge in [0, 0.05) is 0 Å². The van der Waals surface area contributed by atoms with Crippen molar-refractivity contribution in [3.8, 4) is 0 Å². The molecule has 2 atom stereocenters. The van der Waals surface area contributed by atoms with E-state index in [4.69, 9.17) is 9.57 Å². The van der Waals surface area contributed by atoms with Crippen LogP contribution >= 0.6 is 0 Å². The third-order valence-corrected chi connectivity index (χ3v) is 2.12. The molecule has 0 saturated carbocycles. The molecule has 2 heterocycles. The van der Waals surface area contributed by atoms with Crippen LogP contribution in [0, 0.1) is 5.92 Å². The Hall–Kier alpha value is -0.570. The van der Waals surface area contributed by atoms with Gasteiger partial charge < -0.3 is 9.57 Å². The zero-order valence-corrected chi connectivity index (χ0v) is 6.04. The average molecular weight is 141 g/mol. The fourth-order valence-electron chi connectivity index (χ4n) is 1.48. The highest BCUT2D eigenvalue weighted by molar-refractivity contribution is 5.88. The smallest absolute Gasteiger partial charge is 0.161 e. The average Bonchev–Trinajstić information content (AvgIpc) is 2.44. The summed E-state index contributed by atoms with van der Waals surface area (Å²) in [5, 5.41) is 3.98. The Morgan fingerprint density at radius 1 is 1.60 bits per heavy atom. The van der Waals surface area contributed by atoms with Gasteiger partial charge in [-0.1, -0.05) is 12.1 Å². The standard InChI is InChI=1S/C7H11NO2/c1-2-6-5-3-9-4-7(5)10-8-6/h5,7H,2-4H2,1H3/t5-,7-/m1/s1. The van der Waals surface area contributed by atoms with Crippen molar-refractivity contribution in [3.05, 3.63) is 0 Å². The molecule has 0 spiro atoms. The first-order chi connectivity index (χ1) is 4.92. The molecule has 0 aromatic heterocycles. The van der Waals surface area contributed by atoms with Gasteiger partial charge in [-0.2, -0.15) is 0 Å². The highest BCUT2D eigenvalue weighted by atomic mass is 16.7. The molecule has 2 aliphatic rings. The second kappa shape index (κ2) is 2.23. The molecule has 3 nitrogen and oxygen atoms in total. The van der Waals surface area contributed by atoms with Gasteiger partial charge in [-0.15, -0.1) is 0 Å². The topological polar surface area (TPSA) is 30.8 Å². The fraction of sp³-hybridized carbons (Fsp3) is 0.857. The molecule has 10 heavy (non-hydrogen) atoms. The normalized spacial score (nSPS) is 37.1. The zero-order chi connectivity index (χ0) is 6.97. The molecule has 0 amide bonds. The summed E-state index contributed by atoms with van der Waals surface area (Å²) in [5.74, 6) is 0.463. The first-order valence-corrected chi connectivity index (χ1v) is 3.72. The summed E-state index contributed by atoms with van der Waals surface area (Å²) in [5.41, 5.74) is 1.17. The lowest BCUT2D eigenvalue weighted by Crippen LogP contribution is -2.20. The molecule has 56 valence electrons. The van der Waals surface area contributed by atoms with Crippen LogP contribution in [0.5, 0.6) is 0 Å². The van der Waals surface area contributed by atoms with Crippen LogP contribution < -0.4 is 0 Å². The van der Waals surface area contributed by atoms with E-state index in [0.29, 0.717) is 5.92 Å². The van der Waals surface area contributed by atoms with Crippen molar-refractivity contribution in [3.63, 3.8) is 0 Å². The van der Waals surface area contributed by atoms with Gasteiger partial charge in [0.25, 0.3) is 0 Å². The van der Waals surface area contributed by atoms with Crippen molar-refractivity contribution in [2.45, 2.75) is 19.4 Å². The molecule has 0 aliphatic carbocycles. The van der Waals surface area contributed by atoms with Crippen molar-refractivity contribution in [1.29, 1.82) is 0 Å². The summed E-state index contributed by atoms with van der Waals surface area (Å²) in [6.45, 7) is 3.62. The van der Waals surface area contributed by atoms with Gasteiger partial charge in [0.2, 0.25) is 0 Å². The summed E-state index contributed by atoms with van der Waals surface area (Å²) in [6.07, 6.45) is 1.22. The van der Waals surface area contributed by atoms with E-state index in [9.17, 15) is 0 Å². The van der Waals surface area contributed by atoms with E-state index in [1.807, 2.05) is 0 Å². The van der Waals surface area contributed by atoms with E-state index in [2.05, 4.69) is 12.1 Å². The third kappa shape index (κ3) is 0.736. The minimum Gasteiger partial charge on any atom is -0.389 e. The summed E-state index contributed by atoms with van der Waals surface area (Å²) < 4.78 is 5.24. The van der Waals surface area contributed by atoms with Crippen molar-refractivity contribution >= 4 is 5.71 Å². The molecule has 0 unspecified atom stereocenters. The Bertz CT molecular complexity index is 167. The van der Waals surface area contributed by atoms with Gasteiger partial charge >= 0.3 is 0 Å². The molecule has 3 heteroatoms. The highest BCUT2D eigenvalue weighted by Gasteiger charge is 2.37. The maximum Gasteiger partial charge on any atom is 0.161 e. The molecule has 2 aliphatic heterocycles. The number of fused-ring (bicyclic) bond motifs is 1. The van der Waals surface area contributed by atoms with Crippen LogP contribution in [0.4, 0.5) is 0 Å². The lowest BCUT2D eigenvalue weighted by Gasteiger charge is -2.03. The largest absolute Gasteiger partial charge is 0.389 e. The quantitative estimate of drug-likeness (QED) is 0.540. The third-order valence-electron chi connectivity index (χ3n) is 2.12. The number of hydrogen-bond donors (Lipinski definition) is 0. The number of ether oxygens (including phenoxy) is 1. The second-order valence-electron chi connectivity index (χ2n) is 2.72. The molecule has 0 bridgehead atoms. The van der Waals surface area contributed by atoms with Crippen molar-refractivity contribution in [2.75, 3.05) is 13.2 Å². The van der Waals surface area contributed by atoms with Crippen molar-refractivity contribution < 1.29 is 9.57 Å². The van der Waals surface area contributed by atoms with Gasteiger partial charge in [0.15, 0.2) is 6.10 Å². The summed E-state index contributed by atoms with van der Waals surface area (Å²) in [6, 6.07) is 0. The molecule has 1 saturated heterocycles. The Kier molecular flexibility index (Phi) is 1.38. The van der Waals surface area contributed by atoms with E-state index in [1.165, 1.54) is 5.71 Å². The van der Waals surface area contributed by atoms with Crippen LogP contribution in [0.2, 0.25) is 0 Å². The van der Waals surface area contributed by atoms with Gasteiger partial charge in [0.1, 0.15) is 0 Å². The monoisotopic (exact) mass is 141 g/mol. The molecule has 0 aromatic rings. The predicted octanol–water partition coefficient (Wildman–Crippen LogP) is 0.798. The van der Waals surface area contributed by atoms with Gasteiger partial charge in [0.05, 0.1) is 24.8 Å². The van der Waals surface area contributed by atoms with Gasteiger partial charge in [-0.25, -0.2) is 0 Å². The van der Waals surface area contributed by atoms with Crippen LogP contribution in [0.1, 0.15) is 13.3 Å². The van der Waals surface area contributed by atoms with Crippen LogP contribution in [-0.2, 0) is 9.57 Å². The summed E-state index contributed by atoms with van der Waals surface area (Å²) >= 11 is 0. The molecule has 0 N–H and O–H groups in total. The number of hydrogen-bond acceptors (Lipinski definition) is 3. The fourth-order valence-corrected chi connectivity index (χ4v) is 1.48. The maximum absolute atomic E-state index is 5.24. The Labute approximate surface area is 60.0 Å². The number of rotatable bonds is 1. The maximum atomic E-state index is 5.24. The molecule has 0 aromatic carbocycles. The summed E-state index contributed by atoms with van der Waals surface area (Å²) in [7, 11) is 0. The molecule has 2 rings (SSSR count). The van der Waals surface area contributed by atoms with E-state index in [1.54, 1.807) is 0 Å². The molecule has 0 radical (unpaired) electrons. The number of oxime groups is 1. The van der Waals surface area contributed by atoms with Gasteiger partial charge in [-0.3, -0.25) is 0 Å². The second-order valence-corrected chi connectivity index (χ2v) is 2.72. The molecular weight excluding hydrogens is 130 g/mol. The minimum atomic E-state index is 0.231. The first-order valence-electron chi connectivity index (χ1n) is 3.72. The van der Waals surface area contributed by atoms with Crippen LogP contribution in [0.15, 0.2) is 5.16 Å². The van der Waals surface area contributed by atoms with Crippen LogP contribution in [-0.4, -0.2) is 25.0 Å². The Morgan fingerprint density at radius 2 is 2.50 bits per heavy atom. The lowest BCUT2D eigenvalue weighted by atomic mass is 9.99. The lowest BCUT2D eigenvalue weighted by molar-refractivity contribution is 0.0558.